The maximum atomic E-state index is 13.0. The standard InChI is InChI=1S/C17H20FN3O2/c1-2-4-15(22)21-10-3-5-13(11-21)17-19-16(20-23-17)12-6-8-14(18)9-7-12/h6-9,13H,2-5,10-11H2,1H3/t13-/m1/s1. The van der Waals surface area contributed by atoms with Crippen LogP contribution in [-0.4, -0.2) is 34.0 Å². The van der Waals surface area contributed by atoms with Crippen molar-refractivity contribution in [1.29, 1.82) is 0 Å². The lowest BCUT2D eigenvalue weighted by molar-refractivity contribution is -0.132. The summed E-state index contributed by atoms with van der Waals surface area (Å²) in [5, 5.41) is 3.99. The van der Waals surface area contributed by atoms with Crippen LogP contribution >= 0.6 is 0 Å². The summed E-state index contributed by atoms with van der Waals surface area (Å²) in [7, 11) is 0. The molecule has 23 heavy (non-hydrogen) atoms. The summed E-state index contributed by atoms with van der Waals surface area (Å²) < 4.78 is 18.4. The van der Waals surface area contributed by atoms with Crippen LogP contribution in [0.5, 0.6) is 0 Å². The smallest absolute Gasteiger partial charge is 0.231 e. The minimum Gasteiger partial charge on any atom is -0.342 e. The molecule has 122 valence electrons. The van der Waals surface area contributed by atoms with Crippen LogP contribution in [0.1, 0.15) is 44.4 Å². The second kappa shape index (κ2) is 6.89. The van der Waals surface area contributed by atoms with Gasteiger partial charge in [0.15, 0.2) is 0 Å². The Morgan fingerprint density at radius 1 is 1.39 bits per heavy atom. The molecular formula is C17H20FN3O2. The van der Waals surface area contributed by atoms with Crippen molar-refractivity contribution < 1.29 is 13.7 Å². The molecule has 1 fully saturated rings. The highest BCUT2D eigenvalue weighted by molar-refractivity contribution is 5.76. The Kier molecular flexibility index (Phi) is 4.69. The molecule has 2 heterocycles. The van der Waals surface area contributed by atoms with Crippen molar-refractivity contribution in [2.75, 3.05) is 13.1 Å². The molecule has 1 aromatic heterocycles. The van der Waals surface area contributed by atoms with E-state index >= 15 is 0 Å². The highest BCUT2D eigenvalue weighted by atomic mass is 19.1. The van der Waals surface area contributed by atoms with Gasteiger partial charge in [0.2, 0.25) is 17.6 Å². The summed E-state index contributed by atoms with van der Waals surface area (Å²) in [5.74, 6) is 0.979. The number of aromatic nitrogens is 2. The second-order valence-corrected chi connectivity index (χ2v) is 5.89. The topological polar surface area (TPSA) is 59.2 Å². The fourth-order valence-corrected chi connectivity index (χ4v) is 2.89. The van der Waals surface area contributed by atoms with Gasteiger partial charge in [-0.1, -0.05) is 12.1 Å². The Morgan fingerprint density at radius 3 is 2.91 bits per heavy atom. The first kappa shape index (κ1) is 15.6. The van der Waals surface area contributed by atoms with Gasteiger partial charge >= 0.3 is 0 Å². The zero-order valence-corrected chi connectivity index (χ0v) is 13.2. The molecule has 0 saturated carbocycles. The molecule has 1 aliphatic rings. The van der Waals surface area contributed by atoms with Crippen molar-refractivity contribution in [3.63, 3.8) is 0 Å². The number of nitrogens with zero attached hydrogens (tertiary/aromatic N) is 3. The van der Waals surface area contributed by atoms with Gasteiger partial charge in [0, 0.05) is 25.1 Å². The number of carbonyl (C=O) groups excluding carboxylic acids is 1. The van der Waals surface area contributed by atoms with E-state index in [2.05, 4.69) is 10.1 Å². The van der Waals surface area contributed by atoms with E-state index in [1.807, 2.05) is 11.8 Å². The van der Waals surface area contributed by atoms with Crippen LogP contribution in [0.3, 0.4) is 0 Å². The number of likely N-dealkylation sites (tertiary alicyclic amines) is 1. The fraction of sp³-hybridized carbons (Fsp3) is 0.471. The number of hydrogen-bond acceptors (Lipinski definition) is 4. The molecule has 0 N–H and O–H groups in total. The summed E-state index contributed by atoms with van der Waals surface area (Å²) in [6, 6.07) is 6.00. The van der Waals surface area contributed by atoms with Crippen LogP contribution in [0.25, 0.3) is 11.4 Å². The number of amides is 1. The van der Waals surface area contributed by atoms with Crippen molar-refractivity contribution in [3.8, 4) is 11.4 Å². The van der Waals surface area contributed by atoms with Crippen molar-refractivity contribution >= 4 is 5.91 Å². The van der Waals surface area contributed by atoms with Crippen molar-refractivity contribution in [2.24, 2.45) is 0 Å². The molecule has 0 unspecified atom stereocenters. The van der Waals surface area contributed by atoms with Crippen LogP contribution in [0.4, 0.5) is 4.39 Å². The fourth-order valence-electron chi connectivity index (χ4n) is 2.89. The van der Waals surface area contributed by atoms with E-state index in [4.69, 9.17) is 4.52 Å². The minimum atomic E-state index is -0.296. The Balaban J connectivity index is 1.72. The summed E-state index contributed by atoms with van der Waals surface area (Å²) in [5.41, 5.74) is 0.719. The average Bonchev–Trinajstić information content (AvgIpc) is 3.06. The Hall–Kier alpha value is -2.24. The molecule has 2 aromatic rings. The second-order valence-electron chi connectivity index (χ2n) is 5.89. The number of piperidine rings is 1. The van der Waals surface area contributed by atoms with Crippen molar-refractivity contribution in [3.05, 3.63) is 36.0 Å². The van der Waals surface area contributed by atoms with Gasteiger partial charge in [-0.3, -0.25) is 4.79 Å². The highest BCUT2D eigenvalue weighted by Crippen LogP contribution is 2.28. The molecule has 0 radical (unpaired) electrons. The van der Waals surface area contributed by atoms with E-state index < -0.39 is 0 Å². The summed E-state index contributed by atoms with van der Waals surface area (Å²) in [6.07, 6.45) is 3.31. The average molecular weight is 317 g/mol. The first-order valence-electron chi connectivity index (χ1n) is 8.04. The van der Waals surface area contributed by atoms with Crippen LogP contribution in [-0.2, 0) is 4.79 Å². The minimum absolute atomic E-state index is 0.0752. The lowest BCUT2D eigenvalue weighted by Crippen LogP contribution is -2.39. The molecule has 1 aromatic carbocycles. The largest absolute Gasteiger partial charge is 0.342 e. The SMILES string of the molecule is CCCC(=O)N1CCC[C@@H](c2nc(-c3ccc(F)cc3)no2)C1. The van der Waals surface area contributed by atoms with Crippen LogP contribution in [0.2, 0.25) is 0 Å². The summed E-state index contributed by atoms with van der Waals surface area (Å²) in [4.78, 5) is 18.4. The maximum absolute atomic E-state index is 13.0. The summed E-state index contributed by atoms with van der Waals surface area (Å²) >= 11 is 0. The molecule has 1 amide bonds. The maximum Gasteiger partial charge on any atom is 0.231 e. The van der Waals surface area contributed by atoms with Crippen LogP contribution in [0.15, 0.2) is 28.8 Å². The van der Waals surface area contributed by atoms with Crippen LogP contribution < -0.4 is 0 Å². The number of halogens is 1. The Labute approximate surface area is 134 Å². The van der Waals surface area contributed by atoms with Gasteiger partial charge in [-0.25, -0.2) is 4.39 Å². The lowest BCUT2D eigenvalue weighted by atomic mass is 9.97. The molecule has 1 saturated heterocycles. The van der Waals surface area contributed by atoms with Gasteiger partial charge in [0.05, 0.1) is 5.92 Å². The Morgan fingerprint density at radius 2 is 2.17 bits per heavy atom. The van der Waals surface area contributed by atoms with E-state index in [9.17, 15) is 9.18 Å². The van der Waals surface area contributed by atoms with Gasteiger partial charge in [0.1, 0.15) is 5.82 Å². The molecule has 1 atom stereocenters. The van der Waals surface area contributed by atoms with Crippen molar-refractivity contribution in [2.45, 2.75) is 38.5 Å². The highest BCUT2D eigenvalue weighted by Gasteiger charge is 2.28. The first-order chi connectivity index (χ1) is 11.2. The number of carbonyl (C=O) groups is 1. The van der Waals surface area contributed by atoms with Gasteiger partial charge < -0.3 is 9.42 Å². The predicted molar refractivity (Wildman–Crippen MR) is 83.2 cm³/mol. The molecule has 0 bridgehead atoms. The van der Waals surface area contributed by atoms with Crippen molar-refractivity contribution in [1.82, 2.24) is 15.0 Å². The van der Waals surface area contributed by atoms with E-state index in [0.717, 1.165) is 31.4 Å². The first-order valence-corrected chi connectivity index (χ1v) is 8.04. The van der Waals surface area contributed by atoms with E-state index in [1.54, 1.807) is 12.1 Å². The van der Waals surface area contributed by atoms with E-state index in [0.29, 0.717) is 24.7 Å². The third kappa shape index (κ3) is 3.57. The summed E-state index contributed by atoms with van der Waals surface area (Å²) in [6.45, 7) is 3.43. The molecular weight excluding hydrogens is 297 g/mol. The number of benzene rings is 1. The van der Waals surface area contributed by atoms with E-state index in [1.165, 1.54) is 12.1 Å². The molecule has 0 aliphatic carbocycles. The molecule has 0 spiro atoms. The van der Waals surface area contributed by atoms with Crippen LogP contribution in [0, 0.1) is 5.82 Å². The lowest BCUT2D eigenvalue weighted by Gasteiger charge is -2.31. The number of hydrogen-bond donors (Lipinski definition) is 0. The molecule has 6 heteroatoms. The quantitative estimate of drug-likeness (QED) is 0.867. The number of rotatable bonds is 4. The van der Waals surface area contributed by atoms with Gasteiger partial charge in [-0.2, -0.15) is 4.98 Å². The van der Waals surface area contributed by atoms with Gasteiger partial charge in [-0.05, 0) is 43.5 Å². The molecule has 1 aliphatic heterocycles. The zero-order valence-electron chi connectivity index (χ0n) is 13.2. The van der Waals surface area contributed by atoms with E-state index in [-0.39, 0.29) is 17.6 Å². The third-order valence-corrected chi connectivity index (χ3v) is 4.13. The monoisotopic (exact) mass is 317 g/mol. The van der Waals surface area contributed by atoms with Gasteiger partial charge in [0.25, 0.3) is 0 Å². The predicted octanol–water partition coefficient (Wildman–Crippen LogP) is 3.38. The molecule has 5 nitrogen and oxygen atoms in total. The normalized spacial score (nSPS) is 18.2. The third-order valence-electron chi connectivity index (χ3n) is 4.13. The Bertz CT molecular complexity index is 669. The zero-order chi connectivity index (χ0) is 16.2. The van der Waals surface area contributed by atoms with Gasteiger partial charge in [-0.15, -0.1) is 0 Å². The molecule has 3 rings (SSSR count).